The van der Waals surface area contributed by atoms with Crippen molar-refractivity contribution in [3.05, 3.63) is 35.7 Å². The van der Waals surface area contributed by atoms with Crippen LogP contribution < -0.4 is 4.74 Å². The van der Waals surface area contributed by atoms with Gasteiger partial charge < -0.3 is 14.6 Å². The average molecular weight is 414 g/mol. The molecule has 1 atom stereocenters. The van der Waals surface area contributed by atoms with Gasteiger partial charge in [0.05, 0.1) is 19.5 Å². The summed E-state index contributed by atoms with van der Waals surface area (Å²) in [6.07, 6.45) is 3.12. The van der Waals surface area contributed by atoms with E-state index in [0.29, 0.717) is 51.7 Å². The van der Waals surface area contributed by atoms with E-state index in [1.54, 1.807) is 6.07 Å². The molecule has 3 rings (SSSR count). The molecule has 1 aromatic rings. The Bertz CT molecular complexity index is 807. The van der Waals surface area contributed by atoms with Crippen LogP contribution in [0, 0.1) is 5.82 Å². The number of nitrogens with zero attached hydrogens (tertiary/aromatic N) is 2. The van der Waals surface area contributed by atoms with Crippen LogP contribution in [-0.2, 0) is 14.8 Å². The monoisotopic (exact) mass is 414 g/mol. The van der Waals surface area contributed by atoms with E-state index in [4.69, 9.17) is 9.47 Å². The lowest BCUT2D eigenvalue weighted by Gasteiger charge is -2.34. The van der Waals surface area contributed by atoms with Crippen LogP contribution >= 0.6 is 0 Å². The molecule has 1 saturated heterocycles. The topological polar surface area (TPSA) is 79.3 Å². The average Bonchev–Trinajstić information content (AvgIpc) is 2.66. The molecule has 28 heavy (non-hydrogen) atoms. The fourth-order valence-electron chi connectivity index (χ4n) is 3.41. The molecule has 0 amide bonds. The molecule has 1 N–H and O–H groups in total. The highest BCUT2D eigenvalue weighted by atomic mass is 32.2. The Morgan fingerprint density at radius 2 is 2.00 bits per heavy atom. The van der Waals surface area contributed by atoms with Gasteiger partial charge in [0.25, 0.3) is 0 Å². The normalized spacial score (nSPS) is 20.6. The summed E-state index contributed by atoms with van der Waals surface area (Å²) >= 11 is 0. The quantitative estimate of drug-likeness (QED) is 0.716. The molecule has 7 nitrogen and oxygen atoms in total. The van der Waals surface area contributed by atoms with Crippen LogP contribution in [0.2, 0.25) is 0 Å². The zero-order chi connectivity index (χ0) is 20.1. The summed E-state index contributed by atoms with van der Waals surface area (Å²) in [7, 11) is -3.17. The number of hydrogen-bond donors (Lipinski definition) is 1. The van der Waals surface area contributed by atoms with Crippen molar-refractivity contribution in [1.82, 2.24) is 9.21 Å². The van der Waals surface area contributed by atoms with Crippen LogP contribution in [0.4, 0.5) is 4.39 Å². The van der Waals surface area contributed by atoms with Crippen molar-refractivity contribution in [2.24, 2.45) is 0 Å². The van der Waals surface area contributed by atoms with Gasteiger partial charge in [-0.15, -0.1) is 0 Å². The molecule has 1 fully saturated rings. The van der Waals surface area contributed by atoms with Crippen LogP contribution in [0.3, 0.4) is 0 Å². The maximum atomic E-state index is 13.9. The van der Waals surface area contributed by atoms with Crippen molar-refractivity contribution in [3.8, 4) is 5.75 Å². The molecule has 0 spiro atoms. The molecular weight excluding hydrogens is 387 g/mol. The lowest BCUT2D eigenvalue weighted by atomic mass is 10.0. The van der Waals surface area contributed by atoms with E-state index >= 15 is 0 Å². The summed E-state index contributed by atoms with van der Waals surface area (Å²) in [4.78, 5) is 2.00. The van der Waals surface area contributed by atoms with E-state index in [-0.39, 0.29) is 12.4 Å². The highest BCUT2D eigenvalue weighted by Gasteiger charge is 2.24. The van der Waals surface area contributed by atoms with Gasteiger partial charge in [0.1, 0.15) is 24.3 Å². The van der Waals surface area contributed by atoms with Crippen LogP contribution in [0.25, 0.3) is 5.57 Å². The van der Waals surface area contributed by atoms with Gasteiger partial charge in [-0.2, -0.15) is 4.31 Å². The number of halogens is 1. The number of aliphatic hydroxyl groups is 1. The first-order chi connectivity index (χ1) is 13.3. The zero-order valence-electron chi connectivity index (χ0n) is 16.0. The molecule has 2 heterocycles. The zero-order valence-corrected chi connectivity index (χ0v) is 16.8. The highest BCUT2D eigenvalue weighted by Crippen LogP contribution is 2.26. The molecule has 1 aromatic carbocycles. The van der Waals surface area contributed by atoms with Gasteiger partial charge in [0.15, 0.2) is 0 Å². The molecular formula is C19H27FN2O5S. The molecule has 2 aliphatic heterocycles. The highest BCUT2D eigenvalue weighted by molar-refractivity contribution is 7.88. The number of ether oxygens (including phenoxy) is 2. The van der Waals surface area contributed by atoms with E-state index in [0.717, 1.165) is 17.6 Å². The minimum absolute atomic E-state index is 0.0390. The Balaban J connectivity index is 1.50. The summed E-state index contributed by atoms with van der Waals surface area (Å²) in [6, 6.07) is 4.56. The fraction of sp³-hybridized carbons (Fsp3) is 0.579. The first-order valence-corrected chi connectivity index (χ1v) is 11.2. The lowest BCUT2D eigenvalue weighted by Crippen LogP contribution is -2.50. The minimum Gasteiger partial charge on any atom is -0.491 e. The first kappa shape index (κ1) is 21.2. The Morgan fingerprint density at radius 3 is 2.64 bits per heavy atom. The van der Waals surface area contributed by atoms with Gasteiger partial charge >= 0.3 is 0 Å². The first-order valence-electron chi connectivity index (χ1n) is 9.37. The van der Waals surface area contributed by atoms with Crippen LogP contribution in [0.15, 0.2) is 24.3 Å². The third kappa shape index (κ3) is 5.99. The standard InChI is InChI=1S/C19H27FN2O5S/c1-28(24,25)22-6-4-21(5-7-22)13-18(23)14-27-19-11-16(10-17(20)12-19)15-2-8-26-9-3-15/h2,10-12,18,23H,3-9,13-14H2,1H3. The van der Waals surface area contributed by atoms with E-state index in [9.17, 15) is 17.9 Å². The van der Waals surface area contributed by atoms with Crippen molar-refractivity contribution in [2.45, 2.75) is 12.5 Å². The molecule has 156 valence electrons. The van der Waals surface area contributed by atoms with Crippen molar-refractivity contribution in [1.29, 1.82) is 0 Å². The Labute approximate surface area is 165 Å². The van der Waals surface area contributed by atoms with Gasteiger partial charge in [-0.25, -0.2) is 12.8 Å². The van der Waals surface area contributed by atoms with E-state index in [1.807, 2.05) is 11.0 Å². The number of β-amino-alcohol motifs (C(OH)–C–C–N with tert-alkyl or cyclic N) is 1. The van der Waals surface area contributed by atoms with Gasteiger partial charge in [-0.1, -0.05) is 6.08 Å². The summed E-state index contributed by atoms with van der Waals surface area (Å²) in [5.74, 6) is -0.00499. The number of sulfonamides is 1. The van der Waals surface area contributed by atoms with Gasteiger partial charge in [0, 0.05) is 38.8 Å². The van der Waals surface area contributed by atoms with E-state index in [2.05, 4.69) is 0 Å². The number of hydrogen-bond acceptors (Lipinski definition) is 6. The number of aliphatic hydroxyl groups excluding tert-OH is 1. The second-order valence-electron chi connectivity index (χ2n) is 7.16. The summed E-state index contributed by atoms with van der Waals surface area (Å²) in [6.45, 7) is 3.50. The summed E-state index contributed by atoms with van der Waals surface area (Å²) in [5.41, 5.74) is 1.80. The molecule has 0 bridgehead atoms. The van der Waals surface area contributed by atoms with Crippen LogP contribution in [-0.4, -0.2) is 87.6 Å². The number of benzene rings is 1. The molecule has 0 saturated carbocycles. The molecule has 2 aliphatic rings. The van der Waals surface area contributed by atoms with Crippen molar-refractivity contribution in [2.75, 3.05) is 58.8 Å². The maximum Gasteiger partial charge on any atom is 0.211 e. The van der Waals surface area contributed by atoms with Gasteiger partial charge in [-0.05, 0) is 29.7 Å². The largest absolute Gasteiger partial charge is 0.491 e. The Hall–Kier alpha value is -1.52. The summed E-state index contributed by atoms with van der Waals surface area (Å²) in [5, 5.41) is 10.3. The Kier molecular flexibility index (Phi) is 7.05. The SMILES string of the molecule is CS(=O)(=O)N1CCN(CC(O)COc2cc(F)cc(C3=CCOCC3)c2)CC1. The van der Waals surface area contributed by atoms with Crippen molar-refractivity contribution in [3.63, 3.8) is 0 Å². The van der Waals surface area contributed by atoms with Gasteiger partial charge in [-0.3, -0.25) is 4.90 Å². The molecule has 0 radical (unpaired) electrons. The predicted molar refractivity (Wildman–Crippen MR) is 104 cm³/mol. The van der Waals surface area contributed by atoms with Crippen molar-refractivity contribution < 1.29 is 27.4 Å². The Morgan fingerprint density at radius 1 is 1.25 bits per heavy atom. The van der Waals surface area contributed by atoms with Gasteiger partial charge in [0.2, 0.25) is 10.0 Å². The second-order valence-corrected chi connectivity index (χ2v) is 9.14. The minimum atomic E-state index is -3.17. The second kappa shape index (κ2) is 9.32. The lowest BCUT2D eigenvalue weighted by molar-refractivity contribution is 0.0568. The molecule has 1 unspecified atom stereocenters. The smallest absolute Gasteiger partial charge is 0.211 e. The summed E-state index contributed by atoms with van der Waals surface area (Å²) < 4.78 is 49.4. The van der Waals surface area contributed by atoms with Crippen LogP contribution in [0.5, 0.6) is 5.75 Å². The molecule has 0 aliphatic carbocycles. The van der Waals surface area contributed by atoms with Crippen LogP contribution in [0.1, 0.15) is 12.0 Å². The van der Waals surface area contributed by atoms with E-state index < -0.39 is 16.1 Å². The maximum absolute atomic E-state index is 13.9. The fourth-order valence-corrected chi connectivity index (χ4v) is 4.23. The number of rotatable bonds is 7. The van der Waals surface area contributed by atoms with E-state index in [1.165, 1.54) is 22.7 Å². The third-order valence-electron chi connectivity index (χ3n) is 4.92. The third-order valence-corrected chi connectivity index (χ3v) is 6.22. The molecule has 0 aromatic heterocycles. The van der Waals surface area contributed by atoms with Crippen molar-refractivity contribution >= 4 is 15.6 Å². The predicted octanol–water partition coefficient (Wildman–Crippen LogP) is 0.946. The molecule has 9 heteroatoms. The number of piperazine rings is 1.